The van der Waals surface area contributed by atoms with Crippen molar-refractivity contribution in [1.82, 2.24) is 5.32 Å². The lowest BCUT2D eigenvalue weighted by Gasteiger charge is -2.37. The summed E-state index contributed by atoms with van der Waals surface area (Å²) in [4.78, 5) is 23.1. The van der Waals surface area contributed by atoms with Crippen molar-refractivity contribution < 1.29 is 32.6 Å². The van der Waals surface area contributed by atoms with Crippen molar-refractivity contribution in [3.8, 4) is 0 Å². The highest BCUT2D eigenvalue weighted by atomic mass is 19.4. The second-order valence-corrected chi connectivity index (χ2v) is 6.29. The molecule has 1 aromatic carbocycles. The normalized spacial score (nSPS) is 22.2. The van der Waals surface area contributed by atoms with E-state index in [0.29, 0.717) is 12.5 Å². The van der Waals surface area contributed by atoms with Crippen molar-refractivity contribution in [2.45, 2.75) is 43.5 Å². The highest BCUT2D eigenvalue weighted by Crippen LogP contribution is 2.43. The van der Waals surface area contributed by atoms with Gasteiger partial charge in [0, 0.05) is 0 Å². The van der Waals surface area contributed by atoms with Crippen LogP contribution in [0, 0.1) is 0 Å². The quantitative estimate of drug-likeness (QED) is 0.885. The van der Waals surface area contributed by atoms with Crippen molar-refractivity contribution in [1.29, 1.82) is 0 Å². The standard InChI is InChI=1S/C16H16F3NO4/c17-16(18,19)12-6-9(14(22)23)2-3-11(12)13(21)20-10-7-15(24-8-10)4-1-5-15/h2-3,6,10H,1,4-5,7-8H2,(H,20,21)(H,22,23). The summed E-state index contributed by atoms with van der Waals surface area (Å²) >= 11 is 0. The first-order valence-corrected chi connectivity index (χ1v) is 7.60. The number of carboxylic acid groups (broad SMARTS) is 1. The smallest absolute Gasteiger partial charge is 0.417 e. The zero-order valence-electron chi connectivity index (χ0n) is 12.7. The average molecular weight is 343 g/mol. The molecule has 1 atom stereocenters. The molecule has 0 aromatic heterocycles. The fraction of sp³-hybridized carbons (Fsp3) is 0.500. The van der Waals surface area contributed by atoms with Crippen LogP contribution in [0.25, 0.3) is 0 Å². The van der Waals surface area contributed by atoms with Gasteiger partial charge in [-0.25, -0.2) is 4.79 Å². The predicted octanol–water partition coefficient (Wildman–Crippen LogP) is 2.85. The molecular formula is C16H16F3NO4. The summed E-state index contributed by atoms with van der Waals surface area (Å²) < 4.78 is 45.1. The number of alkyl halides is 3. The Bertz CT molecular complexity index is 682. The van der Waals surface area contributed by atoms with Crippen molar-refractivity contribution in [2.75, 3.05) is 6.61 Å². The molecule has 1 amide bonds. The van der Waals surface area contributed by atoms with E-state index in [1.165, 1.54) is 0 Å². The Morgan fingerprint density at radius 1 is 1.29 bits per heavy atom. The third-order valence-electron chi connectivity index (χ3n) is 4.63. The van der Waals surface area contributed by atoms with Crippen LogP contribution in [0.2, 0.25) is 0 Å². The van der Waals surface area contributed by atoms with Gasteiger partial charge < -0.3 is 15.2 Å². The van der Waals surface area contributed by atoms with Crippen LogP contribution in [-0.4, -0.2) is 35.2 Å². The molecule has 1 aliphatic heterocycles. The molecule has 1 saturated heterocycles. The number of aromatic carboxylic acids is 1. The SMILES string of the molecule is O=C(O)c1ccc(C(=O)NC2COC3(CCC3)C2)c(C(F)(F)F)c1. The van der Waals surface area contributed by atoms with E-state index in [1.807, 2.05) is 0 Å². The fourth-order valence-electron chi connectivity index (χ4n) is 3.23. The van der Waals surface area contributed by atoms with Crippen LogP contribution in [0.3, 0.4) is 0 Å². The van der Waals surface area contributed by atoms with E-state index in [4.69, 9.17) is 9.84 Å². The zero-order chi connectivity index (χ0) is 17.5. The molecule has 1 unspecified atom stereocenters. The zero-order valence-corrected chi connectivity index (χ0v) is 12.7. The van der Waals surface area contributed by atoms with E-state index >= 15 is 0 Å². The summed E-state index contributed by atoms with van der Waals surface area (Å²) in [5.74, 6) is -2.35. The molecular weight excluding hydrogens is 327 g/mol. The number of amides is 1. The molecule has 2 aliphatic rings. The number of rotatable bonds is 3. The minimum Gasteiger partial charge on any atom is -0.478 e. The minimum absolute atomic E-state index is 0.224. The van der Waals surface area contributed by atoms with Gasteiger partial charge in [-0.1, -0.05) is 0 Å². The number of hydrogen-bond donors (Lipinski definition) is 2. The monoisotopic (exact) mass is 343 g/mol. The number of nitrogens with one attached hydrogen (secondary N) is 1. The lowest BCUT2D eigenvalue weighted by Crippen LogP contribution is -2.40. The molecule has 1 heterocycles. The number of benzene rings is 1. The number of ether oxygens (including phenoxy) is 1. The second-order valence-electron chi connectivity index (χ2n) is 6.29. The highest BCUT2D eigenvalue weighted by molar-refractivity contribution is 5.97. The number of halogens is 3. The van der Waals surface area contributed by atoms with Crippen molar-refractivity contribution in [3.63, 3.8) is 0 Å². The van der Waals surface area contributed by atoms with E-state index in [2.05, 4.69) is 5.32 Å². The van der Waals surface area contributed by atoms with E-state index < -0.39 is 34.7 Å². The first kappa shape index (κ1) is 16.8. The van der Waals surface area contributed by atoms with Crippen LogP contribution in [0.15, 0.2) is 18.2 Å². The number of carbonyl (C=O) groups is 2. The molecule has 2 fully saturated rings. The fourth-order valence-corrected chi connectivity index (χ4v) is 3.23. The average Bonchev–Trinajstić information content (AvgIpc) is 2.90. The van der Waals surface area contributed by atoms with Gasteiger partial charge in [0.15, 0.2) is 0 Å². The number of carboxylic acids is 1. The van der Waals surface area contributed by atoms with Crippen LogP contribution in [-0.2, 0) is 10.9 Å². The van der Waals surface area contributed by atoms with Crippen molar-refractivity contribution in [2.24, 2.45) is 0 Å². The van der Waals surface area contributed by atoms with Gasteiger partial charge in [-0.05, 0) is 43.9 Å². The Morgan fingerprint density at radius 2 is 2.00 bits per heavy atom. The summed E-state index contributed by atoms with van der Waals surface area (Å²) in [6.45, 7) is 0.278. The van der Waals surface area contributed by atoms with Gasteiger partial charge in [-0.15, -0.1) is 0 Å². The molecule has 24 heavy (non-hydrogen) atoms. The van der Waals surface area contributed by atoms with E-state index in [9.17, 15) is 22.8 Å². The maximum atomic E-state index is 13.2. The summed E-state index contributed by atoms with van der Waals surface area (Å²) in [7, 11) is 0. The lowest BCUT2D eigenvalue weighted by molar-refractivity contribution is -0.138. The lowest BCUT2D eigenvalue weighted by atomic mass is 9.77. The molecule has 1 spiro atoms. The topological polar surface area (TPSA) is 75.6 Å². The number of carbonyl (C=O) groups excluding carboxylic acids is 1. The van der Waals surface area contributed by atoms with E-state index in [-0.39, 0.29) is 18.2 Å². The molecule has 3 rings (SSSR count). The van der Waals surface area contributed by atoms with Gasteiger partial charge in [-0.3, -0.25) is 4.79 Å². The Kier molecular flexibility index (Phi) is 4.03. The molecule has 1 aliphatic carbocycles. The number of hydrogen-bond acceptors (Lipinski definition) is 3. The summed E-state index contributed by atoms with van der Waals surface area (Å²) in [6, 6.07) is 2.04. The molecule has 0 bridgehead atoms. The molecule has 1 saturated carbocycles. The van der Waals surface area contributed by atoms with Crippen molar-refractivity contribution >= 4 is 11.9 Å². The third-order valence-corrected chi connectivity index (χ3v) is 4.63. The van der Waals surface area contributed by atoms with E-state index in [1.54, 1.807) is 0 Å². The van der Waals surface area contributed by atoms with Gasteiger partial charge in [0.1, 0.15) is 0 Å². The molecule has 8 heteroatoms. The maximum Gasteiger partial charge on any atom is 0.417 e. The second kappa shape index (κ2) is 5.77. The Morgan fingerprint density at radius 3 is 2.50 bits per heavy atom. The Labute approximate surface area is 135 Å². The van der Waals surface area contributed by atoms with Crippen LogP contribution < -0.4 is 5.32 Å². The van der Waals surface area contributed by atoms with Gasteiger partial charge in [-0.2, -0.15) is 13.2 Å². The minimum atomic E-state index is -4.82. The van der Waals surface area contributed by atoms with Gasteiger partial charge in [0.25, 0.3) is 5.91 Å². The third kappa shape index (κ3) is 3.10. The molecule has 5 nitrogen and oxygen atoms in total. The van der Waals surface area contributed by atoms with Gasteiger partial charge in [0.2, 0.25) is 0 Å². The first-order chi connectivity index (χ1) is 11.2. The van der Waals surface area contributed by atoms with Crippen LogP contribution in [0.5, 0.6) is 0 Å². The summed E-state index contributed by atoms with van der Waals surface area (Å²) in [5.41, 5.74) is -2.58. The predicted molar refractivity (Wildman–Crippen MR) is 76.8 cm³/mol. The first-order valence-electron chi connectivity index (χ1n) is 7.60. The maximum absolute atomic E-state index is 13.2. The highest BCUT2D eigenvalue weighted by Gasteiger charge is 2.45. The van der Waals surface area contributed by atoms with Crippen LogP contribution >= 0.6 is 0 Å². The molecule has 2 N–H and O–H groups in total. The van der Waals surface area contributed by atoms with E-state index in [0.717, 1.165) is 31.4 Å². The molecule has 0 radical (unpaired) electrons. The molecule has 1 aromatic rings. The van der Waals surface area contributed by atoms with Crippen LogP contribution in [0.1, 0.15) is 52.0 Å². The van der Waals surface area contributed by atoms with Crippen LogP contribution in [0.4, 0.5) is 13.2 Å². The summed E-state index contributed by atoms with van der Waals surface area (Å²) in [5, 5.41) is 11.4. The van der Waals surface area contributed by atoms with Gasteiger partial charge in [0.05, 0.1) is 34.9 Å². The Balaban J connectivity index is 1.80. The molecule has 130 valence electrons. The Hall–Kier alpha value is -2.09. The summed E-state index contributed by atoms with van der Waals surface area (Å²) in [6.07, 6.45) is -1.37. The van der Waals surface area contributed by atoms with Crippen molar-refractivity contribution in [3.05, 3.63) is 34.9 Å². The van der Waals surface area contributed by atoms with Gasteiger partial charge >= 0.3 is 12.1 Å². The largest absolute Gasteiger partial charge is 0.478 e.